The van der Waals surface area contributed by atoms with Crippen LogP contribution < -0.4 is 0 Å². The minimum absolute atomic E-state index is 0.951. The van der Waals surface area contributed by atoms with Gasteiger partial charge in [-0.15, -0.1) is 0 Å². The van der Waals surface area contributed by atoms with Crippen LogP contribution in [0.15, 0.2) is 564 Å². The lowest BCUT2D eigenvalue weighted by Gasteiger charge is -2.12. The normalized spacial score (nSPS) is 11.6. The Morgan fingerprint density at radius 3 is 0.633 bits per heavy atom. The molecule has 0 unspecified atom stereocenters. The van der Waals surface area contributed by atoms with Crippen LogP contribution in [0.3, 0.4) is 0 Å². The zero-order valence-corrected chi connectivity index (χ0v) is 81.7. The van der Waals surface area contributed by atoms with Crippen LogP contribution in [0.4, 0.5) is 0 Å². The number of pyridine rings is 3. The number of nitrogens with zero attached hydrogens (tertiary/aromatic N) is 9. The van der Waals surface area contributed by atoms with Crippen LogP contribution in [0.2, 0.25) is 0 Å². The van der Waals surface area contributed by atoms with Crippen molar-refractivity contribution in [2.75, 3.05) is 0 Å². The largest absolute Gasteiger partial charge is 0.309 e. The van der Waals surface area contributed by atoms with E-state index in [1.54, 1.807) is 0 Å². The van der Waals surface area contributed by atoms with Crippen LogP contribution in [0.1, 0.15) is 0 Å². The zero-order valence-electron chi connectivity index (χ0n) is 81.7. The summed E-state index contributed by atoms with van der Waals surface area (Å²) in [6, 6.07) is 202. The quantitative estimate of drug-likeness (QED) is 0.103. The van der Waals surface area contributed by atoms with Crippen molar-refractivity contribution in [1.82, 2.24) is 42.4 Å². The maximum absolute atomic E-state index is 5.19. The Labute approximate surface area is 866 Å². The maximum atomic E-state index is 5.19. The summed E-state index contributed by atoms with van der Waals surface area (Å²) in [7, 11) is 0. The van der Waals surface area contributed by atoms with E-state index in [0.717, 1.165) is 124 Å². The van der Waals surface area contributed by atoms with Gasteiger partial charge in [0.05, 0.1) is 100 Å². The molecule has 9 aromatic heterocycles. The summed E-state index contributed by atoms with van der Waals surface area (Å²) in [5, 5.41) is 15.1. The van der Waals surface area contributed by atoms with E-state index >= 15 is 0 Å². The molecule has 0 aliphatic carbocycles. The topological polar surface area (TPSA) is 68.2 Å². The summed E-state index contributed by atoms with van der Waals surface area (Å²) in [5.41, 5.74) is 40.6. The van der Waals surface area contributed by atoms with Gasteiger partial charge in [-0.25, -0.2) is 15.0 Å². The van der Waals surface area contributed by atoms with E-state index in [1.807, 2.05) is 30.3 Å². The molecule has 702 valence electrons. The molecular formula is C141H93N9. The van der Waals surface area contributed by atoms with Gasteiger partial charge in [0.1, 0.15) is 0 Å². The van der Waals surface area contributed by atoms with Gasteiger partial charge in [-0.05, 0) is 209 Å². The summed E-state index contributed by atoms with van der Waals surface area (Å²) in [6.45, 7) is 0. The molecule has 0 saturated heterocycles. The number of benzene rings is 21. The van der Waals surface area contributed by atoms with Crippen molar-refractivity contribution in [3.8, 4) is 135 Å². The van der Waals surface area contributed by atoms with Crippen LogP contribution in [0.25, 0.3) is 266 Å². The van der Waals surface area contributed by atoms with Gasteiger partial charge in [0.2, 0.25) is 0 Å². The molecule has 9 heterocycles. The number of hydrogen-bond donors (Lipinski definition) is 0. The van der Waals surface area contributed by atoms with Gasteiger partial charge in [-0.2, -0.15) is 0 Å². The molecule has 150 heavy (non-hydrogen) atoms. The lowest BCUT2D eigenvalue weighted by molar-refractivity contribution is 1.16. The first kappa shape index (κ1) is 87.6. The van der Waals surface area contributed by atoms with E-state index in [2.05, 4.69) is 561 Å². The molecule has 0 aliphatic rings. The smallest absolute Gasteiger partial charge is 0.0715 e. The van der Waals surface area contributed by atoms with E-state index < -0.39 is 0 Å². The SMILES string of the molecule is c1ccc(-c2cc(-c3ccc(-n4c5ccccc5c5c6c7ccccc7n(-c7ccccc7)c6ccc54)cc3)cc(-c3ccccc3)n2)cc1.c1ccc(-c2cc(-c3ccc(-n4c5ccccc5c5cc6c7ccccc7n(-c7ccccc7)c6cc54)cc3)cc(-c3ccccc3)n2)cc1.c1ccc(-c2cc(-c3ccccc3)nc(-c3ccc(-n4c5ccccc5c5ccc6c(c7ccccc7n6-c6ccccc6)c54)cc3)c2)cc1. The van der Waals surface area contributed by atoms with Crippen LogP contribution in [0.5, 0.6) is 0 Å². The molecule has 0 radical (unpaired) electrons. The molecule has 0 aliphatic heterocycles. The number of aromatic nitrogens is 9. The fourth-order valence-electron chi connectivity index (χ4n) is 22.9. The molecule has 30 rings (SSSR count). The Hall–Kier alpha value is -20.1. The van der Waals surface area contributed by atoms with Crippen LogP contribution in [0, 0.1) is 0 Å². The second kappa shape index (κ2) is 37.2. The van der Waals surface area contributed by atoms with E-state index in [-0.39, 0.29) is 0 Å². The zero-order chi connectivity index (χ0) is 99.1. The van der Waals surface area contributed by atoms with Gasteiger partial charge < -0.3 is 27.4 Å². The van der Waals surface area contributed by atoms with Gasteiger partial charge >= 0.3 is 0 Å². The summed E-state index contributed by atoms with van der Waals surface area (Å²) < 4.78 is 14.5. The van der Waals surface area contributed by atoms with E-state index in [4.69, 9.17) is 15.0 Å². The van der Waals surface area contributed by atoms with Gasteiger partial charge in [0, 0.05) is 132 Å². The standard InChI is InChI=1S/3C47H31N3/c1-4-14-33(15-5-1)42-28-35(29-43(48-42)34-16-6-2-7-17-34)32-24-26-37(27-25-32)50-45-23-13-11-21-39(45)41-30-40-38-20-10-12-22-44(38)49(46(40)31-47(41)50)36-18-8-3-9-19-36;1-4-14-33(15-5-1)40-30-35(31-41(48-40)34-16-6-2-7-17-34)32-24-26-37(27-25-32)50-43-23-13-11-21-39(43)47-45(50)29-28-44-46(47)38-20-10-12-22-42(38)49(44)36-18-8-3-9-19-36;1-4-14-32(15-5-1)35-30-41(33-16-6-2-7-17-33)48-42(31-35)34-24-26-37(27-25-34)50-43-22-12-10-20-38(43)39-28-29-45-46(47(39)50)40-21-11-13-23-44(40)49(45)36-18-8-3-9-19-36/h3*1-31H. The minimum Gasteiger partial charge on any atom is -0.309 e. The van der Waals surface area contributed by atoms with Crippen molar-refractivity contribution >= 4 is 131 Å². The number of rotatable bonds is 15. The molecule has 0 N–H and O–H groups in total. The fraction of sp³-hybridized carbons (Fsp3) is 0. The summed E-state index contributed by atoms with van der Waals surface area (Å²) >= 11 is 0. The second-order valence-corrected chi connectivity index (χ2v) is 38.4. The third-order valence-corrected chi connectivity index (χ3v) is 29.7. The average molecular weight is 1910 g/mol. The van der Waals surface area contributed by atoms with Crippen molar-refractivity contribution in [3.05, 3.63) is 564 Å². The predicted octanol–water partition coefficient (Wildman–Crippen LogP) is 36.8. The Bertz CT molecular complexity index is 10100. The fourth-order valence-corrected chi connectivity index (χ4v) is 22.9. The Morgan fingerprint density at radius 2 is 0.313 bits per heavy atom. The molecule has 9 nitrogen and oxygen atoms in total. The lowest BCUT2D eigenvalue weighted by atomic mass is 10.00. The molecule has 0 fully saturated rings. The molecule has 9 heteroatoms. The molecule has 0 amide bonds. The van der Waals surface area contributed by atoms with E-state index in [1.165, 1.54) is 142 Å². The third kappa shape index (κ3) is 15.4. The van der Waals surface area contributed by atoms with Crippen molar-refractivity contribution in [1.29, 1.82) is 0 Å². The highest BCUT2D eigenvalue weighted by Crippen LogP contribution is 2.48. The molecule has 0 spiro atoms. The first-order valence-electron chi connectivity index (χ1n) is 51.2. The highest BCUT2D eigenvalue weighted by molar-refractivity contribution is 6.30. The van der Waals surface area contributed by atoms with Crippen molar-refractivity contribution in [2.45, 2.75) is 0 Å². The van der Waals surface area contributed by atoms with E-state index in [9.17, 15) is 0 Å². The highest BCUT2D eigenvalue weighted by atomic mass is 15.0. The molecular weight excluding hydrogens is 1820 g/mol. The van der Waals surface area contributed by atoms with Gasteiger partial charge in [0.15, 0.2) is 0 Å². The second-order valence-electron chi connectivity index (χ2n) is 38.4. The van der Waals surface area contributed by atoms with Crippen LogP contribution in [-0.2, 0) is 0 Å². The Balaban J connectivity index is 0.000000108. The van der Waals surface area contributed by atoms with Gasteiger partial charge in [-0.1, -0.05) is 388 Å². The van der Waals surface area contributed by atoms with Crippen molar-refractivity contribution in [2.24, 2.45) is 0 Å². The molecule has 0 bridgehead atoms. The third-order valence-electron chi connectivity index (χ3n) is 29.7. The number of para-hydroxylation sites is 9. The summed E-state index contributed by atoms with van der Waals surface area (Å²) in [4.78, 5) is 15.4. The first-order chi connectivity index (χ1) is 74.4. The average Bonchev–Trinajstić information content (AvgIpc) is 1.55. The monoisotopic (exact) mass is 1910 g/mol. The number of hydrogen-bond acceptors (Lipinski definition) is 3. The Kier molecular flexibility index (Phi) is 21.8. The number of fused-ring (bicyclic) bond motifs is 20. The first-order valence-corrected chi connectivity index (χ1v) is 51.2. The summed E-state index contributed by atoms with van der Waals surface area (Å²) in [5.74, 6) is 0. The minimum atomic E-state index is 0.951. The Morgan fingerprint density at radius 1 is 0.107 bits per heavy atom. The molecule has 0 saturated carbocycles. The molecule has 0 atom stereocenters. The van der Waals surface area contributed by atoms with Crippen molar-refractivity contribution in [3.63, 3.8) is 0 Å². The molecule has 21 aromatic carbocycles. The van der Waals surface area contributed by atoms with Crippen molar-refractivity contribution < 1.29 is 0 Å². The van der Waals surface area contributed by atoms with Gasteiger partial charge in [0.25, 0.3) is 0 Å². The van der Waals surface area contributed by atoms with Crippen LogP contribution >= 0.6 is 0 Å². The lowest BCUT2D eigenvalue weighted by Crippen LogP contribution is -1.96. The van der Waals surface area contributed by atoms with E-state index in [0.29, 0.717) is 0 Å². The highest BCUT2D eigenvalue weighted by Gasteiger charge is 2.27. The maximum Gasteiger partial charge on any atom is 0.0715 e. The predicted molar refractivity (Wildman–Crippen MR) is 628 cm³/mol. The van der Waals surface area contributed by atoms with Gasteiger partial charge in [-0.3, -0.25) is 0 Å². The summed E-state index contributed by atoms with van der Waals surface area (Å²) in [6.07, 6.45) is 0. The molecule has 30 aromatic rings. The van der Waals surface area contributed by atoms with Crippen LogP contribution in [-0.4, -0.2) is 42.4 Å².